The molecular weight excluding hydrogens is 344 g/mol. The molecule has 26 heavy (non-hydrogen) atoms. The van der Waals surface area contributed by atoms with Crippen LogP contribution in [0.25, 0.3) is 0 Å². The number of piperazine rings is 1. The number of carbonyl (C=O) groups is 1. The summed E-state index contributed by atoms with van der Waals surface area (Å²) in [4.78, 5) is 22.7. The molecule has 1 aromatic rings. The summed E-state index contributed by atoms with van der Waals surface area (Å²) < 4.78 is 0. The molecule has 5 nitrogen and oxygen atoms in total. The predicted molar refractivity (Wildman–Crippen MR) is 106 cm³/mol. The van der Waals surface area contributed by atoms with E-state index >= 15 is 0 Å². The van der Waals surface area contributed by atoms with Gasteiger partial charge in [0.15, 0.2) is 0 Å². The van der Waals surface area contributed by atoms with Crippen LogP contribution in [0.15, 0.2) is 58.1 Å². The summed E-state index contributed by atoms with van der Waals surface area (Å²) in [6.45, 7) is 4.70. The average Bonchev–Trinajstić information content (AvgIpc) is 2.84. The zero-order chi connectivity index (χ0) is 18.1. The molecule has 136 valence electrons. The summed E-state index contributed by atoms with van der Waals surface area (Å²) in [6.07, 6.45) is 7.45. The average molecular weight is 369 g/mol. The Balaban J connectivity index is 1.62. The molecule has 2 N–H and O–H groups in total. The summed E-state index contributed by atoms with van der Waals surface area (Å²) in [5.74, 6) is 1.06. The van der Waals surface area contributed by atoms with Gasteiger partial charge in [0.2, 0.25) is 5.91 Å². The SMILES string of the molecule is CC(N)C(=O)N1CCN(C2=NC3=CC=CCC3Sc3ccccc32)CC1. The van der Waals surface area contributed by atoms with Crippen LogP contribution in [0.3, 0.4) is 0 Å². The summed E-state index contributed by atoms with van der Waals surface area (Å²) in [7, 11) is 0. The van der Waals surface area contributed by atoms with Gasteiger partial charge < -0.3 is 15.5 Å². The molecule has 1 saturated heterocycles. The highest BCUT2D eigenvalue weighted by Crippen LogP contribution is 2.38. The molecule has 0 spiro atoms. The van der Waals surface area contributed by atoms with Crippen molar-refractivity contribution >= 4 is 23.5 Å². The highest BCUT2D eigenvalue weighted by molar-refractivity contribution is 8.00. The lowest BCUT2D eigenvalue weighted by atomic mass is 10.1. The van der Waals surface area contributed by atoms with Gasteiger partial charge in [-0.05, 0) is 25.5 Å². The molecule has 0 radical (unpaired) electrons. The van der Waals surface area contributed by atoms with Crippen molar-refractivity contribution < 1.29 is 4.79 Å². The number of hydrogen-bond acceptors (Lipinski definition) is 5. The van der Waals surface area contributed by atoms with Crippen molar-refractivity contribution in [3.63, 3.8) is 0 Å². The van der Waals surface area contributed by atoms with Crippen molar-refractivity contribution in [3.05, 3.63) is 53.8 Å². The number of amides is 1. The van der Waals surface area contributed by atoms with Gasteiger partial charge in [0.05, 0.1) is 17.0 Å². The first-order chi connectivity index (χ1) is 12.6. The summed E-state index contributed by atoms with van der Waals surface area (Å²) in [6, 6.07) is 8.08. The molecule has 1 aromatic carbocycles. The Morgan fingerprint density at radius 1 is 1.27 bits per heavy atom. The van der Waals surface area contributed by atoms with E-state index in [0.717, 1.165) is 31.0 Å². The number of carbonyl (C=O) groups excluding carboxylic acids is 1. The maximum absolute atomic E-state index is 12.2. The van der Waals surface area contributed by atoms with Crippen molar-refractivity contribution in [2.45, 2.75) is 29.5 Å². The fraction of sp³-hybridized carbons (Fsp3) is 0.400. The zero-order valence-electron chi connectivity index (χ0n) is 15.0. The van der Waals surface area contributed by atoms with Gasteiger partial charge in [0, 0.05) is 36.6 Å². The molecule has 0 aromatic heterocycles. The van der Waals surface area contributed by atoms with Crippen LogP contribution in [-0.2, 0) is 4.79 Å². The van der Waals surface area contributed by atoms with Crippen LogP contribution in [0, 0.1) is 0 Å². The maximum atomic E-state index is 12.2. The second-order valence-corrected chi connectivity index (χ2v) is 8.14. The van der Waals surface area contributed by atoms with Crippen molar-refractivity contribution in [2.24, 2.45) is 10.7 Å². The second-order valence-electron chi connectivity index (χ2n) is 6.89. The van der Waals surface area contributed by atoms with Crippen molar-refractivity contribution in [1.29, 1.82) is 0 Å². The summed E-state index contributed by atoms with van der Waals surface area (Å²) >= 11 is 1.90. The lowest BCUT2D eigenvalue weighted by Gasteiger charge is -2.37. The van der Waals surface area contributed by atoms with E-state index < -0.39 is 6.04 Å². The van der Waals surface area contributed by atoms with Crippen molar-refractivity contribution in [1.82, 2.24) is 9.80 Å². The van der Waals surface area contributed by atoms with Gasteiger partial charge in [-0.3, -0.25) is 4.79 Å². The Labute approximate surface area is 158 Å². The molecule has 4 rings (SSSR count). The van der Waals surface area contributed by atoms with E-state index in [9.17, 15) is 4.79 Å². The van der Waals surface area contributed by atoms with Gasteiger partial charge in [0.25, 0.3) is 0 Å². The fourth-order valence-electron chi connectivity index (χ4n) is 3.57. The smallest absolute Gasteiger partial charge is 0.239 e. The first kappa shape index (κ1) is 17.4. The lowest BCUT2D eigenvalue weighted by molar-refractivity contribution is -0.133. The molecular formula is C20H24N4OS. The van der Waals surface area contributed by atoms with Crippen LogP contribution >= 0.6 is 11.8 Å². The molecule has 3 aliphatic rings. The number of hydrogen-bond donors (Lipinski definition) is 1. The molecule has 0 bridgehead atoms. The van der Waals surface area contributed by atoms with Crippen LogP contribution in [0.4, 0.5) is 0 Å². The standard InChI is InChI=1S/C20H24N4OS/c1-14(21)20(25)24-12-10-23(11-13-24)19-15-6-2-4-8-17(15)26-18-9-5-3-7-16(18)22-19/h2-8,14,18H,9-13,21H2,1H3. The van der Waals surface area contributed by atoms with Crippen LogP contribution < -0.4 is 5.73 Å². The first-order valence-electron chi connectivity index (χ1n) is 9.14. The van der Waals surface area contributed by atoms with E-state index in [1.807, 2.05) is 16.7 Å². The van der Waals surface area contributed by atoms with Crippen LogP contribution in [-0.4, -0.2) is 59.0 Å². The monoisotopic (exact) mass is 368 g/mol. The number of nitrogens with two attached hydrogens (primary N) is 1. The number of benzene rings is 1. The minimum atomic E-state index is -0.436. The van der Waals surface area contributed by atoms with Crippen LogP contribution in [0.2, 0.25) is 0 Å². The molecule has 1 aliphatic carbocycles. The highest BCUT2D eigenvalue weighted by Gasteiger charge is 2.29. The quantitative estimate of drug-likeness (QED) is 0.826. The Hall–Kier alpha value is -2.05. The topological polar surface area (TPSA) is 61.9 Å². The minimum Gasteiger partial charge on any atom is -0.353 e. The fourth-order valence-corrected chi connectivity index (χ4v) is 4.78. The number of thioether (sulfide) groups is 1. The third kappa shape index (κ3) is 3.31. The Bertz CT molecular complexity index is 791. The molecule has 6 heteroatoms. The third-order valence-corrected chi connectivity index (χ3v) is 6.32. The molecule has 2 atom stereocenters. The number of aliphatic imine (C=N–C) groups is 1. The van der Waals surface area contributed by atoms with Gasteiger partial charge in [0.1, 0.15) is 5.84 Å². The largest absolute Gasteiger partial charge is 0.353 e. The van der Waals surface area contributed by atoms with E-state index in [1.165, 1.54) is 10.5 Å². The van der Waals surface area contributed by atoms with E-state index in [4.69, 9.17) is 10.7 Å². The Kier molecular flexibility index (Phi) is 4.87. The van der Waals surface area contributed by atoms with Gasteiger partial charge in [-0.2, -0.15) is 0 Å². The normalized spacial score (nSPS) is 23.4. The molecule has 1 fully saturated rings. The van der Waals surface area contributed by atoms with Gasteiger partial charge in [-0.25, -0.2) is 4.99 Å². The highest BCUT2D eigenvalue weighted by atomic mass is 32.2. The number of allylic oxidation sites excluding steroid dienone is 3. The molecule has 1 amide bonds. The predicted octanol–water partition coefficient (Wildman–Crippen LogP) is 2.24. The maximum Gasteiger partial charge on any atom is 0.239 e. The Morgan fingerprint density at radius 3 is 2.81 bits per heavy atom. The van der Waals surface area contributed by atoms with Crippen LogP contribution in [0.5, 0.6) is 0 Å². The van der Waals surface area contributed by atoms with Crippen LogP contribution in [0.1, 0.15) is 18.9 Å². The number of fused-ring (bicyclic) bond motifs is 2. The van der Waals surface area contributed by atoms with E-state index in [-0.39, 0.29) is 5.91 Å². The van der Waals surface area contributed by atoms with Gasteiger partial charge in [-0.1, -0.05) is 30.4 Å². The first-order valence-corrected chi connectivity index (χ1v) is 10.0. The van der Waals surface area contributed by atoms with E-state index in [2.05, 4.69) is 47.4 Å². The van der Waals surface area contributed by atoms with E-state index in [0.29, 0.717) is 18.3 Å². The van der Waals surface area contributed by atoms with Gasteiger partial charge >= 0.3 is 0 Å². The molecule has 0 saturated carbocycles. The number of nitrogens with zero attached hydrogens (tertiary/aromatic N) is 3. The summed E-state index contributed by atoms with van der Waals surface area (Å²) in [5.41, 5.74) is 8.09. The molecule has 2 unspecified atom stereocenters. The Morgan fingerprint density at radius 2 is 2.04 bits per heavy atom. The van der Waals surface area contributed by atoms with Crippen molar-refractivity contribution in [3.8, 4) is 0 Å². The molecule has 2 aliphatic heterocycles. The van der Waals surface area contributed by atoms with Crippen molar-refractivity contribution in [2.75, 3.05) is 26.2 Å². The lowest BCUT2D eigenvalue weighted by Crippen LogP contribution is -2.54. The number of amidine groups is 1. The summed E-state index contributed by atoms with van der Waals surface area (Å²) in [5, 5.41) is 0.375. The van der Waals surface area contributed by atoms with Gasteiger partial charge in [-0.15, -0.1) is 11.8 Å². The van der Waals surface area contributed by atoms with E-state index in [1.54, 1.807) is 6.92 Å². The third-order valence-electron chi connectivity index (χ3n) is 5.00. The second kappa shape index (κ2) is 7.29. The zero-order valence-corrected chi connectivity index (χ0v) is 15.8. The number of rotatable bonds is 1. The molecule has 2 heterocycles. The minimum absolute atomic E-state index is 0.0311.